The minimum absolute atomic E-state index is 0.0879. The number of hydrogen-bond donors (Lipinski definition) is 4. The number of aliphatic hydroxyl groups excluding tert-OH is 1. The number of carbonyl (C=O) groups is 2. The maximum atomic E-state index is 14.2. The van der Waals surface area contributed by atoms with Gasteiger partial charge in [-0.2, -0.15) is 0 Å². The number of pyridine rings is 1. The van der Waals surface area contributed by atoms with Gasteiger partial charge in [0, 0.05) is 18.2 Å². The molecule has 1 aromatic heterocycles. The van der Waals surface area contributed by atoms with Crippen LogP contribution in [-0.2, 0) is 16.0 Å². The number of nitrogens with one attached hydrogen (secondary N) is 2. The van der Waals surface area contributed by atoms with E-state index in [0.29, 0.717) is 24.6 Å². The van der Waals surface area contributed by atoms with E-state index >= 15 is 0 Å². The number of benzene rings is 2. The Morgan fingerprint density at radius 1 is 1.10 bits per heavy atom. The fourth-order valence-corrected chi connectivity index (χ4v) is 4.68. The third kappa shape index (κ3) is 6.76. The first-order valence-corrected chi connectivity index (χ1v) is 12.9. The van der Waals surface area contributed by atoms with E-state index in [1.54, 1.807) is 24.3 Å². The van der Waals surface area contributed by atoms with Gasteiger partial charge in [0.25, 0.3) is 5.56 Å². The topological polar surface area (TPSA) is 135 Å². The van der Waals surface area contributed by atoms with Gasteiger partial charge in [0.05, 0.1) is 17.2 Å². The molecular weight excluding hydrogens is 508 g/mol. The molecule has 1 aliphatic rings. The molecule has 0 aliphatic heterocycles. The van der Waals surface area contributed by atoms with E-state index in [9.17, 15) is 28.3 Å². The summed E-state index contributed by atoms with van der Waals surface area (Å²) in [4.78, 5) is 40.4. The summed E-state index contributed by atoms with van der Waals surface area (Å²) in [5, 5.41) is 13.1. The van der Waals surface area contributed by atoms with Gasteiger partial charge in [0.15, 0.2) is 5.78 Å². The monoisotopic (exact) mass is 539 g/mol. The number of H-pyrrole nitrogens is 1. The number of hydrogen-bond acceptors (Lipinski definition) is 7. The van der Waals surface area contributed by atoms with Crippen LogP contribution in [0.25, 0.3) is 11.1 Å². The van der Waals surface area contributed by atoms with Crippen LogP contribution >= 0.6 is 0 Å². The molecule has 0 spiro atoms. The van der Waals surface area contributed by atoms with Crippen LogP contribution in [0.2, 0.25) is 0 Å². The van der Waals surface area contributed by atoms with Crippen molar-refractivity contribution in [2.24, 2.45) is 0 Å². The summed E-state index contributed by atoms with van der Waals surface area (Å²) in [6.07, 6.45) is 3.29. The van der Waals surface area contributed by atoms with E-state index in [4.69, 9.17) is 10.5 Å². The summed E-state index contributed by atoms with van der Waals surface area (Å²) in [6, 6.07) is 10.0. The van der Waals surface area contributed by atoms with E-state index in [2.05, 4.69) is 10.3 Å². The molecule has 0 amide bonds. The molecule has 5 N–H and O–H groups in total. The fourth-order valence-electron chi connectivity index (χ4n) is 4.68. The number of ether oxygens (including phenoxy) is 1. The molecule has 10 heteroatoms. The molecule has 1 aliphatic carbocycles. The van der Waals surface area contributed by atoms with Crippen LogP contribution in [-0.4, -0.2) is 46.6 Å². The van der Waals surface area contributed by atoms with Crippen molar-refractivity contribution in [1.29, 1.82) is 0 Å². The molecule has 2 atom stereocenters. The number of carbonyl (C=O) groups excluding carboxylic acids is 2. The molecule has 1 fully saturated rings. The minimum atomic E-state index is -1.03. The molecule has 0 bridgehead atoms. The lowest BCUT2D eigenvalue weighted by atomic mass is 9.98. The summed E-state index contributed by atoms with van der Waals surface area (Å²) >= 11 is 0. The van der Waals surface area contributed by atoms with Crippen LogP contribution in [0.1, 0.15) is 54.1 Å². The number of anilines is 1. The lowest BCUT2D eigenvalue weighted by Crippen LogP contribution is -2.47. The van der Waals surface area contributed by atoms with Crippen molar-refractivity contribution in [2.75, 3.05) is 12.3 Å². The number of esters is 1. The van der Waals surface area contributed by atoms with Crippen LogP contribution in [0.3, 0.4) is 0 Å². The number of aromatic nitrogens is 1. The van der Waals surface area contributed by atoms with Crippen LogP contribution in [0, 0.1) is 11.6 Å². The second kappa shape index (κ2) is 12.3. The van der Waals surface area contributed by atoms with E-state index in [-0.39, 0.29) is 28.6 Å². The number of rotatable bonds is 10. The summed E-state index contributed by atoms with van der Waals surface area (Å²) < 4.78 is 33.0. The van der Waals surface area contributed by atoms with E-state index in [1.165, 1.54) is 13.0 Å². The van der Waals surface area contributed by atoms with Crippen LogP contribution < -0.4 is 16.6 Å². The highest BCUT2D eigenvalue weighted by Gasteiger charge is 2.28. The maximum absolute atomic E-state index is 14.2. The van der Waals surface area contributed by atoms with Crippen molar-refractivity contribution in [3.63, 3.8) is 0 Å². The highest BCUT2D eigenvalue weighted by Crippen LogP contribution is 2.24. The van der Waals surface area contributed by atoms with E-state index in [1.807, 2.05) is 0 Å². The normalized spacial score (nSPS) is 15.2. The van der Waals surface area contributed by atoms with Crippen LogP contribution in [0.5, 0.6) is 0 Å². The first-order chi connectivity index (χ1) is 18.6. The highest BCUT2D eigenvalue weighted by atomic mass is 19.1. The van der Waals surface area contributed by atoms with Crippen molar-refractivity contribution in [3.8, 4) is 11.1 Å². The lowest BCUT2D eigenvalue weighted by molar-refractivity contribution is -0.154. The molecule has 1 heterocycles. The van der Waals surface area contributed by atoms with Crippen molar-refractivity contribution in [3.05, 3.63) is 87.2 Å². The Kier molecular flexibility index (Phi) is 8.88. The molecule has 3 aromatic rings. The maximum Gasteiger partial charge on any atom is 0.326 e. The van der Waals surface area contributed by atoms with Gasteiger partial charge < -0.3 is 25.9 Å². The molecule has 8 nitrogen and oxygen atoms in total. The molecule has 1 saturated carbocycles. The molecule has 0 radical (unpaired) electrons. The lowest BCUT2D eigenvalue weighted by Gasteiger charge is -2.22. The van der Waals surface area contributed by atoms with Crippen molar-refractivity contribution in [2.45, 2.75) is 57.3 Å². The van der Waals surface area contributed by atoms with Gasteiger partial charge >= 0.3 is 5.97 Å². The van der Waals surface area contributed by atoms with Gasteiger partial charge in [-0.1, -0.05) is 24.3 Å². The van der Waals surface area contributed by atoms with Gasteiger partial charge in [0.2, 0.25) is 0 Å². The van der Waals surface area contributed by atoms with Crippen molar-refractivity contribution >= 4 is 17.6 Å². The summed E-state index contributed by atoms with van der Waals surface area (Å²) in [5.74, 6) is -3.32. The van der Waals surface area contributed by atoms with Gasteiger partial charge in [-0.25, -0.2) is 8.78 Å². The third-order valence-electron chi connectivity index (χ3n) is 6.86. The largest absolute Gasteiger partial charge is 0.461 e. The summed E-state index contributed by atoms with van der Waals surface area (Å²) in [5.41, 5.74) is 6.39. The highest BCUT2D eigenvalue weighted by molar-refractivity contribution is 6.12. The molecule has 39 heavy (non-hydrogen) atoms. The fraction of sp³-hybridized carbons (Fsp3) is 0.345. The van der Waals surface area contributed by atoms with Gasteiger partial charge in [-0.15, -0.1) is 0 Å². The second-order valence-corrected chi connectivity index (χ2v) is 9.76. The molecule has 2 aromatic carbocycles. The number of aromatic amines is 1. The third-order valence-corrected chi connectivity index (χ3v) is 6.86. The zero-order chi connectivity index (χ0) is 28.1. The molecule has 0 saturated heterocycles. The number of halogens is 2. The first kappa shape index (κ1) is 28.1. The van der Waals surface area contributed by atoms with E-state index in [0.717, 1.165) is 43.4 Å². The van der Waals surface area contributed by atoms with Gasteiger partial charge in [0.1, 0.15) is 29.6 Å². The predicted octanol–water partition coefficient (Wildman–Crippen LogP) is 3.50. The average Bonchev–Trinajstić information content (AvgIpc) is 3.39. The van der Waals surface area contributed by atoms with Crippen LogP contribution in [0.15, 0.2) is 53.3 Å². The number of ketones is 1. The smallest absolute Gasteiger partial charge is 0.326 e. The predicted molar refractivity (Wildman–Crippen MR) is 142 cm³/mol. The Balaban J connectivity index is 1.44. The Morgan fingerprint density at radius 2 is 1.79 bits per heavy atom. The molecular formula is C29H31F2N3O5. The average molecular weight is 540 g/mol. The molecule has 0 unspecified atom stereocenters. The summed E-state index contributed by atoms with van der Waals surface area (Å²) in [6.45, 7) is 1.94. The zero-order valence-corrected chi connectivity index (χ0v) is 21.5. The number of aliphatic hydroxyl groups is 1. The molecule has 4 rings (SSSR count). The Bertz CT molecular complexity index is 1400. The van der Waals surface area contributed by atoms with Crippen molar-refractivity contribution < 1.29 is 28.2 Å². The van der Waals surface area contributed by atoms with Gasteiger partial charge in [-0.3, -0.25) is 14.4 Å². The summed E-state index contributed by atoms with van der Waals surface area (Å²) in [7, 11) is 0. The van der Waals surface area contributed by atoms with Gasteiger partial charge in [-0.05, 0) is 68.4 Å². The SMILES string of the molecule is C[C@@H](O)[C@H](NCCc1ccc(-c2cc(C(=O)c3ccc(F)cc3F)c(N)[nH]c2=O)cc1)C(=O)OC1CCCC1. The second-order valence-electron chi connectivity index (χ2n) is 9.76. The standard InChI is InChI=1S/C29H31F2N3O5/c1-16(35)25(29(38)39-20-4-2-3-5-20)33-13-12-17-6-8-18(9-7-17)22-15-23(27(32)34-28(22)37)26(36)21-11-10-19(30)14-24(21)31/h6-11,14-16,20,25,33,35H,2-5,12-13H2,1H3,(H3,32,34,37)/t16-,25+/m1/s1. The number of nitrogen functional groups attached to an aromatic ring is 1. The Hall–Kier alpha value is -3.89. The van der Waals surface area contributed by atoms with E-state index < -0.39 is 41.1 Å². The van der Waals surface area contributed by atoms with Crippen LogP contribution in [0.4, 0.5) is 14.6 Å². The zero-order valence-electron chi connectivity index (χ0n) is 21.5. The Labute approximate surface area is 224 Å². The quantitative estimate of drug-likeness (QED) is 0.229. The Morgan fingerprint density at radius 3 is 2.44 bits per heavy atom. The minimum Gasteiger partial charge on any atom is -0.461 e. The van der Waals surface area contributed by atoms with Crippen molar-refractivity contribution in [1.82, 2.24) is 10.3 Å². The number of nitrogens with two attached hydrogens (primary N) is 1. The first-order valence-electron chi connectivity index (χ1n) is 12.9. The molecule has 206 valence electrons.